The molecule has 0 aliphatic carbocycles. The fourth-order valence-corrected chi connectivity index (χ4v) is 0.986. The molecule has 15 heavy (non-hydrogen) atoms. The highest BCUT2D eigenvalue weighted by Gasteiger charge is 2.10. The number of allylic oxidation sites excluding steroid dienone is 2. The van der Waals surface area contributed by atoms with E-state index in [0.29, 0.717) is 5.41 Å². The predicted molar refractivity (Wildman–Crippen MR) is 73.2 cm³/mol. The molecule has 0 saturated carbocycles. The fourth-order valence-electron chi connectivity index (χ4n) is 0.986. The average molecular weight is 210 g/mol. The van der Waals surface area contributed by atoms with Gasteiger partial charge < -0.3 is 0 Å². The highest BCUT2D eigenvalue weighted by Crippen LogP contribution is 2.23. The smallest absolute Gasteiger partial charge is 0.0302 e. The Bertz CT molecular complexity index is 153. The van der Waals surface area contributed by atoms with Crippen LogP contribution in [-0.2, 0) is 0 Å². The quantitative estimate of drug-likeness (QED) is 0.500. The van der Waals surface area contributed by atoms with Gasteiger partial charge in [-0.25, -0.2) is 0 Å². The summed E-state index contributed by atoms with van der Waals surface area (Å²) in [5.74, 6) is 0.831. The Morgan fingerprint density at radius 2 is 1.67 bits per heavy atom. The first-order chi connectivity index (χ1) is 6.93. The third-order valence-corrected chi connectivity index (χ3v) is 2.92. The molecule has 0 aromatic rings. The summed E-state index contributed by atoms with van der Waals surface area (Å²) in [6.07, 6.45) is 8.77. The van der Waals surface area contributed by atoms with Crippen LogP contribution in [0.25, 0.3) is 0 Å². The Balaban J connectivity index is 0. The van der Waals surface area contributed by atoms with E-state index in [0.717, 1.165) is 18.8 Å². The minimum absolute atomic E-state index is 0.474. The Morgan fingerprint density at radius 1 is 1.13 bits per heavy atom. The highest BCUT2D eigenvalue weighted by atomic mass is 14.2. The van der Waals surface area contributed by atoms with Crippen molar-refractivity contribution in [1.29, 1.82) is 0 Å². The van der Waals surface area contributed by atoms with Crippen LogP contribution in [0.3, 0.4) is 0 Å². The van der Waals surface area contributed by atoms with E-state index in [2.05, 4.69) is 47.8 Å². The van der Waals surface area contributed by atoms with Gasteiger partial charge in [-0.15, -0.1) is 13.2 Å². The van der Waals surface area contributed by atoms with Crippen LogP contribution in [0.5, 0.6) is 0 Å². The van der Waals surface area contributed by atoms with E-state index < -0.39 is 0 Å². The third kappa shape index (κ3) is 13.5. The number of hydrogen-bond donors (Lipinski definition) is 0. The van der Waals surface area contributed by atoms with E-state index in [1.54, 1.807) is 0 Å². The van der Waals surface area contributed by atoms with Gasteiger partial charge in [-0.05, 0) is 24.2 Å². The van der Waals surface area contributed by atoms with Crippen molar-refractivity contribution in [2.75, 3.05) is 0 Å². The van der Waals surface area contributed by atoms with E-state index in [1.165, 1.54) is 12.8 Å². The zero-order chi connectivity index (χ0) is 12.3. The second kappa shape index (κ2) is 10.0. The van der Waals surface area contributed by atoms with Gasteiger partial charge in [-0.3, -0.25) is 0 Å². The second-order valence-corrected chi connectivity index (χ2v) is 5.05. The molecule has 0 aromatic carbocycles. The minimum Gasteiger partial charge on any atom is -0.103 e. The lowest BCUT2D eigenvalue weighted by molar-refractivity contribution is 0.357. The number of rotatable bonds is 6. The first-order valence-electron chi connectivity index (χ1n) is 6.15. The Labute approximate surface area is 97.5 Å². The molecule has 1 atom stereocenters. The Morgan fingerprint density at radius 3 is 1.80 bits per heavy atom. The molecule has 0 rings (SSSR count). The summed E-state index contributed by atoms with van der Waals surface area (Å²) in [5.41, 5.74) is 0.474. The molecule has 0 fully saturated rings. The normalized spacial score (nSPS) is 12.3. The van der Waals surface area contributed by atoms with Crippen LogP contribution in [0.15, 0.2) is 25.3 Å². The number of hydrogen-bond acceptors (Lipinski definition) is 0. The van der Waals surface area contributed by atoms with Crippen molar-refractivity contribution in [3.63, 3.8) is 0 Å². The van der Waals surface area contributed by atoms with E-state index >= 15 is 0 Å². The van der Waals surface area contributed by atoms with Gasteiger partial charge in [0.1, 0.15) is 0 Å². The lowest BCUT2D eigenvalue weighted by Gasteiger charge is -2.19. The molecular weight excluding hydrogens is 180 g/mol. The second-order valence-electron chi connectivity index (χ2n) is 5.05. The summed E-state index contributed by atoms with van der Waals surface area (Å²) in [5, 5.41) is 0. The van der Waals surface area contributed by atoms with Crippen molar-refractivity contribution < 1.29 is 0 Å². The fraction of sp³-hybridized carbons (Fsp3) is 0.733. The molecule has 0 radical (unpaired) electrons. The molecular formula is C15H30. The van der Waals surface area contributed by atoms with Gasteiger partial charge in [-0.2, -0.15) is 0 Å². The molecule has 90 valence electrons. The van der Waals surface area contributed by atoms with Crippen molar-refractivity contribution in [3.05, 3.63) is 25.3 Å². The summed E-state index contributed by atoms with van der Waals surface area (Å²) in [7, 11) is 0. The van der Waals surface area contributed by atoms with E-state index in [4.69, 9.17) is 0 Å². The van der Waals surface area contributed by atoms with Crippen LogP contribution < -0.4 is 0 Å². The van der Waals surface area contributed by atoms with Crippen molar-refractivity contribution in [2.45, 2.75) is 60.3 Å². The molecule has 0 nitrogen and oxygen atoms in total. The van der Waals surface area contributed by atoms with Crippen LogP contribution in [0.2, 0.25) is 0 Å². The maximum absolute atomic E-state index is 3.69. The minimum atomic E-state index is 0.474. The van der Waals surface area contributed by atoms with Crippen molar-refractivity contribution >= 4 is 0 Å². The first kappa shape index (κ1) is 16.9. The van der Waals surface area contributed by atoms with Crippen molar-refractivity contribution in [3.8, 4) is 0 Å². The van der Waals surface area contributed by atoms with E-state index in [-0.39, 0.29) is 0 Å². The molecule has 0 aromatic heterocycles. The topological polar surface area (TPSA) is 0 Å². The first-order valence-corrected chi connectivity index (χ1v) is 6.15. The van der Waals surface area contributed by atoms with E-state index in [1.807, 2.05) is 12.2 Å². The molecule has 0 saturated heterocycles. The highest BCUT2D eigenvalue weighted by molar-refractivity contribution is 4.77. The average Bonchev–Trinajstić information content (AvgIpc) is 2.19. The Kier molecular flexibility index (Phi) is 11.3. The molecule has 0 spiro atoms. The summed E-state index contributed by atoms with van der Waals surface area (Å²) in [6, 6.07) is 0. The van der Waals surface area contributed by atoms with Gasteiger partial charge in [0.2, 0.25) is 0 Å². The lowest BCUT2D eigenvalue weighted by Crippen LogP contribution is -2.06. The van der Waals surface area contributed by atoms with Crippen LogP contribution in [0.1, 0.15) is 60.3 Å². The lowest BCUT2D eigenvalue weighted by atomic mass is 9.87. The Hall–Kier alpha value is -0.520. The SMILES string of the molecule is C=CCC(C)(C)CC.C=CCC(C)CC. The van der Waals surface area contributed by atoms with Crippen LogP contribution >= 0.6 is 0 Å². The largest absolute Gasteiger partial charge is 0.103 e. The van der Waals surface area contributed by atoms with Gasteiger partial charge in [0.15, 0.2) is 0 Å². The summed E-state index contributed by atoms with van der Waals surface area (Å²) < 4.78 is 0. The van der Waals surface area contributed by atoms with Gasteiger partial charge in [0, 0.05) is 0 Å². The van der Waals surface area contributed by atoms with Gasteiger partial charge in [-0.1, -0.05) is 59.6 Å². The van der Waals surface area contributed by atoms with E-state index in [9.17, 15) is 0 Å². The van der Waals surface area contributed by atoms with Crippen molar-refractivity contribution in [2.24, 2.45) is 11.3 Å². The molecule has 1 unspecified atom stereocenters. The molecule has 0 bridgehead atoms. The zero-order valence-corrected chi connectivity index (χ0v) is 11.5. The third-order valence-electron chi connectivity index (χ3n) is 2.92. The molecule has 0 aliphatic rings. The monoisotopic (exact) mass is 210 g/mol. The molecule has 0 heteroatoms. The zero-order valence-electron chi connectivity index (χ0n) is 11.5. The van der Waals surface area contributed by atoms with Crippen molar-refractivity contribution in [1.82, 2.24) is 0 Å². The molecule has 0 aliphatic heterocycles. The molecule has 0 N–H and O–H groups in total. The van der Waals surface area contributed by atoms with Crippen LogP contribution in [0, 0.1) is 11.3 Å². The molecule has 0 heterocycles. The molecule has 0 amide bonds. The maximum atomic E-state index is 3.69. The van der Waals surface area contributed by atoms with Crippen LogP contribution in [0.4, 0.5) is 0 Å². The predicted octanol–water partition coefficient (Wildman–Crippen LogP) is 5.61. The summed E-state index contributed by atoms with van der Waals surface area (Å²) >= 11 is 0. The summed E-state index contributed by atoms with van der Waals surface area (Å²) in [6.45, 7) is 18.5. The van der Waals surface area contributed by atoms with Gasteiger partial charge >= 0.3 is 0 Å². The van der Waals surface area contributed by atoms with Crippen LogP contribution in [-0.4, -0.2) is 0 Å². The maximum Gasteiger partial charge on any atom is -0.0302 e. The van der Waals surface area contributed by atoms with Gasteiger partial charge in [0.25, 0.3) is 0 Å². The standard InChI is InChI=1S/C8H16.C7H14/c1-5-7-8(3,4)6-2;1-4-6-7(3)5-2/h5H,1,6-7H2,2-4H3;4,7H,1,5-6H2,2-3H3. The summed E-state index contributed by atoms with van der Waals surface area (Å²) in [4.78, 5) is 0. The van der Waals surface area contributed by atoms with Gasteiger partial charge in [0.05, 0.1) is 0 Å².